The molecule has 0 spiro atoms. The number of nitrogens with one attached hydrogen (secondary N) is 1. The lowest BCUT2D eigenvalue weighted by Crippen LogP contribution is -2.30. The number of hydrogen-bond acceptors (Lipinski definition) is 3. The first kappa shape index (κ1) is 8.10. The van der Waals surface area contributed by atoms with Crippen molar-refractivity contribution < 1.29 is 0 Å². The summed E-state index contributed by atoms with van der Waals surface area (Å²) in [5.74, 6) is 1.01. The SMILES string of the molecule is CN1CCNc2nc(I)ccc21. The Balaban J connectivity index is 2.46. The van der Waals surface area contributed by atoms with E-state index in [1.165, 1.54) is 5.69 Å². The Morgan fingerprint density at radius 1 is 1.58 bits per heavy atom. The molecule has 0 unspecified atom stereocenters. The first-order valence-corrected chi connectivity index (χ1v) is 4.97. The quantitative estimate of drug-likeness (QED) is 0.575. The van der Waals surface area contributed by atoms with E-state index in [2.05, 4.69) is 50.9 Å². The third-order valence-corrected chi connectivity index (χ3v) is 2.59. The first-order valence-electron chi connectivity index (χ1n) is 3.89. The van der Waals surface area contributed by atoms with Crippen LogP contribution in [0.5, 0.6) is 0 Å². The molecule has 1 N–H and O–H groups in total. The van der Waals surface area contributed by atoms with Crippen molar-refractivity contribution in [3.63, 3.8) is 0 Å². The van der Waals surface area contributed by atoms with E-state index in [1.54, 1.807) is 0 Å². The van der Waals surface area contributed by atoms with Crippen LogP contribution in [0.25, 0.3) is 0 Å². The van der Waals surface area contributed by atoms with E-state index in [1.807, 2.05) is 6.07 Å². The summed E-state index contributed by atoms with van der Waals surface area (Å²) in [6.07, 6.45) is 0. The second kappa shape index (κ2) is 3.08. The van der Waals surface area contributed by atoms with Crippen molar-refractivity contribution in [3.05, 3.63) is 15.8 Å². The normalized spacial score (nSPS) is 15.3. The van der Waals surface area contributed by atoms with Crippen LogP contribution in [0.15, 0.2) is 12.1 Å². The van der Waals surface area contributed by atoms with Gasteiger partial charge in [0.2, 0.25) is 0 Å². The molecule has 2 rings (SSSR count). The zero-order valence-corrected chi connectivity index (χ0v) is 9.00. The smallest absolute Gasteiger partial charge is 0.150 e. The Kier molecular flexibility index (Phi) is 2.08. The number of nitrogens with zero attached hydrogens (tertiary/aromatic N) is 2. The van der Waals surface area contributed by atoms with E-state index >= 15 is 0 Å². The van der Waals surface area contributed by atoms with Crippen LogP contribution in [0, 0.1) is 3.70 Å². The lowest BCUT2D eigenvalue weighted by Gasteiger charge is -2.27. The lowest BCUT2D eigenvalue weighted by atomic mass is 10.3. The van der Waals surface area contributed by atoms with Crippen LogP contribution in [-0.4, -0.2) is 25.1 Å². The minimum atomic E-state index is 0.983. The van der Waals surface area contributed by atoms with Gasteiger partial charge in [0.15, 0.2) is 5.82 Å². The van der Waals surface area contributed by atoms with Crippen molar-refractivity contribution in [1.82, 2.24) is 4.98 Å². The Hall–Kier alpha value is -0.520. The van der Waals surface area contributed by atoms with E-state index in [4.69, 9.17) is 0 Å². The molecule has 64 valence electrons. The van der Waals surface area contributed by atoms with Crippen LogP contribution in [0.2, 0.25) is 0 Å². The molecule has 0 fully saturated rings. The summed E-state index contributed by atoms with van der Waals surface area (Å²) in [5.41, 5.74) is 1.20. The average Bonchev–Trinajstić information content (AvgIpc) is 2.04. The van der Waals surface area contributed by atoms with Gasteiger partial charge in [-0.1, -0.05) is 0 Å². The van der Waals surface area contributed by atoms with E-state index in [-0.39, 0.29) is 0 Å². The minimum Gasteiger partial charge on any atom is -0.370 e. The second-order valence-electron chi connectivity index (χ2n) is 2.85. The van der Waals surface area contributed by atoms with Crippen molar-refractivity contribution >= 4 is 34.1 Å². The Morgan fingerprint density at radius 3 is 3.25 bits per heavy atom. The van der Waals surface area contributed by atoms with E-state index in [0.717, 1.165) is 22.6 Å². The fraction of sp³-hybridized carbons (Fsp3) is 0.375. The van der Waals surface area contributed by atoms with Crippen LogP contribution >= 0.6 is 22.6 Å². The fourth-order valence-corrected chi connectivity index (χ4v) is 1.75. The first-order chi connectivity index (χ1) is 5.77. The number of anilines is 2. The summed E-state index contributed by atoms with van der Waals surface area (Å²) in [6, 6.07) is 4.14. The Bertz CT molecular complexity index is 300. The maximum atomic E-state index is 4.40. The lowest BCUT2D eigenvalue weighted by molar-refractivity contribution is 0.872. The number of fused-ring (bicyclic) bond motifs is 1. The molecule has 0 bridgehead atoms. The van der Waals surface area contributed by atoms with Crippen molar-refractivity contribution in [2.45, 2.75) is 0 Å². The maximum Gasteiger partial charge on any atom is 0.150 e. The van der Waals surface area contributed by atoms with Gasteiger partial charge in [-0.25, -0.2) is 4.98 Å². The molecule has 0 saturated heterocycles. The van der Waals surface area contributed by atoms with Crippen molar-refractivity contribution in [2.24, 2.45) is 0 Å². The average molecular weight is 275 g/mol. The number of rotatable bonds is 0. The monoisotopic (exact) mass is 275 g/mol. The minimum absolute atomic E-state index is 0.983. The molecule has 0 amide bonds. The van der Waals surface area contributed by atoms with Gasteiger partial charge in [0.25, 0.3) is 0 Å². The van der Waals surface area contributed by atoms with Gasteiger partial charge >= 0.3 is 0 Å². The zero-order valence-electron chi connectivity index (χ0n) is 6.84. The molecular formula is C8H10IN3. The molecule has 0 aliphatic carbocycles. The Labute approximate surface area is 85.3 Å². The molecule has 0 atom stereocenters. The predicted octanol–water partition coefficient (Wildman–Crippen LogP) is 1.55. The molecular weight excluding hydrogens is 265 g/mol. The highest BCUT2D eigenvalue weighted by atomic mass is 127. The summed E-state index contributed by atoms with van der Waals surface area (Å²) >= 11 is 2.22. The van der Waals surface area contributed by atoms with E-state index in [0.29, 0.717) is 0 Å². The molecule has 4 heteroatoms. The molecule has 1 aliphatic rings. The standard InChI is InChI=1S/C8H10IN3/c1-12-5-4-10-8-6(12)2-3-7(9)11-8/h2-3H,4-5H2,1H3,(H,10,11). The number of hydrogen-bond donors (Lipinski definition) is 1. The molecule has 1 aliphatic heterocycles. The molecule has 2 heterocycles. The van der Waals surface area contributed by atoms with Gasteiger partial charge in [0.1, 0.15) is 3.70 Å². The van der Waals surface area contributed by atoms with Gasteiger partial charge in [0, 0.05) is 20.1 Å². The van der Waals surface area contributed by atoms with Crippen LogP contribution in [0.3, 0.4) is 0 Å². The Morgan fingerprint density at radius 2 is 2.42 bits per heavy atom. The number of halogens is 1. The largest absolute Gasteiger partial charge is 0.370 e. The van der Waals surface area contributed by atoms with Gasteiger partial charge < -0.3 is 10.2 Å². The van der Waals surface area contributed by atoms with Crippen LogP contribution in [0.4, 0.5) is 11.5 Å². The molecule has 0 saturated carbocycles. The topological polar surface area (TPSA) is 28.2 Å². The number of pyridine rings is 1. The van der Waals surface area contributed by atoms with E-state index < -0.39 is 0 Å². The van der Waals surface area contributed by atoms with Gasteiger partial charge in [-0.2, -0.15) is 0 Å². The highest BCUT2D eigenvalue weighted by molar-refractivity contribution is 14.1. The third kappa shape index (κ3) is 1.35. The van der Waals surface area contributed by atoms with Crippen molar-refractivity contribution in [1.29, 1.82) is 0 Å². The van der Waals surface area contributed by atoms with Gasteiger partial charge in [-0.05, 0) is 34.7 Å². The highest BCUT2D eigenvalue weighted by Gasteiger charge is 2.13. The van der Waals surface area contributed by atoms with Gasteiger partial charge in [0.05, 0.1) is 5.69 Å². The molecule has 3 nitrogen and oxygen atoms in total. The predicted molar refractivity (Wildman–Crippen MR) is 58.7 cm³/mol. The summed E-state index contributed by atoms with van der Waals surface area (Å²) < 4.78 is 1.04. The van der Waals surface area contributed by atoms with Gasteiger partial charge in [-0.15, -0.1) is 0 Å². The zero-order chi connectivity index (χ0) is 8.55. The summed E-state index contributed by atoms with van der Waals surface area (Å²) in [4.78, 5) is 6.62. The fourth-order valence-electron chi connectivity index (χ4n) is 1.33. The van der Waals surface area contributed by atoms with Gasteiger partial charge in [-0.3, -0.25) is 0 Å². The summed E-state index contributed by atoms with van der Waals surface area (Å²) in [5, 5.41) is 3.28. The molecule has 1 aromatic rings. The summed E-state index contributed by atoms with van der Waals surface area (Å²) in [7, 11) is 2.09. The molecule has 1 aromatic heterocycles. The maximum absolute atomic E-state index is 4.40. The molecule has 12 heavy (non-hydrogen) atoms. The van der Waals surface area contributed by atoms with Crippen molar-refractivity contribution in [3.8, 4) is 0 Å². The third-order valence-electron chi connectivity index (χ3n) is 1.99. The number of aromatic nitrogens is 1. The highest BCUT2D eigenvalue weighted by Crippen LogP contribution is 2.25. The van der Waals surface area contributed by atoms with Crippen LogP contribution < -0.4 is 10.2 Å². The number of likely N-dealkylation sites (N-methyl/N-ethyl adjacent to an activating group) is 1. The molecule has 0 radical (unpaired) electrons. The van der Waals surface area contributed by atoms with Crippen LogP contribution in [0.1, 0.15) is 0 Å². The van der Waals surface area contributed by atoms with Crippen LogP contribution in [-0.2, 0) is 0 Å². The summed E-state index contributed by atoms with van der Waals surface area (Å²) in [6.45, 7) is 2.03. The van der Waals surface area contributed by atoms with E-state index in [9.17, 15) is 0 Å². The second-order valence-corrected chi connectivity index (χ2v) is 3.96. The molecule has 0 aromatic carbocycles. The van der Waals surface area contributed by atoms with Crippen molar-refractivity contribution in [2.75, 3.05) is 30.4 Å².